The molecule has 0 atom stereocenters. The summed E-state index contributed by atoms with van der Waals surface area (Å²) in [5, 5.41) is 14.5. The van der Waals surface area contributed by atoms with Crippen molar-refractivity contribution >= 4 is 12.1 Å². The number of nitrogens with one attached hydrogen (secondary N) is 2. The Morgan fingerprint density at radius 1 is 1.30 bits per heavy atom. The maximum atomic E-state index is 12.2. The van der Waals surface area contributed by atoms with E-state index in [0.717, 1.165) is 31.3 Å². The third-order valence-corrected chi connectivity index (χ3v) is 3.67. The predicted molar refractivity (Wildman–Crippen MR) is 107 cm³/mol. The number of likely N-dealkylation sites (N-methyl/N-ethyl adjacent to an activating group) is 1. The molecule has 1 aromatic heterocycles. The van der Waals surface area contributed by atoms with E-state index in [9.17, 15) is 4.79 Å². The highest BCUT2D eigenvalue weighted by Crippen LogP contribution is 2.09. The topological polar surface area (TPSA) is 96.7 Å². The van der Waals surface area contributed by atoms with Crippen LogP contribution in [0.5, 0.6) is 0 Å². The number of nitrogens with zero attached hydrogens (tertiary/aromatic N) is 5. The van der Waals surface area contributed by atoms with Crippen LogP contribution in [-0.4, -0.2) is 70.0 Å². The molecule has 1 rings (SSSR count). The number of aromatic nitrogens is 3. The highest BCUT2D eigenvalue weighted by atomic mass is 16.6. The first kappa shape index (κ1) is 22.7. The molecular formula is C18H35N7O2. The largest absolute Gasteiger partial charge is 0.444 e. The van der Waals surface area contributed by atoms with Crippen LogP contribution < -0.4 is 10.6 Å². The van der Waals surface area contributed by atoms with E-state index in [-0.39, 0.29) is 6.09 Å². The van der Waals surface area contributed by atoms with Gasteiger partial charge < -0.3 is 24.8 Å². The third kappa shape index (κ3) is 8.74. The molecule has 27 heavy (non-hydrogen) atoms. The first-order chi connectivity index (χ1) is 12.8. The Labute approximate surface area is 162 Å². The van der Waals surface area contributed by atoms with Crippen molar-refractivity contribution in [1.82, 2.24) is 30.3 Å². The lowest BCUT2D eigenvalue weighted by Gasteiger charge is -2.26. The summed E-state index contributed by atoms with van der Waals surface area (Å²) in [6.07, 6.45) is 2.28. The summed E-state index contributed by atoms with van der Waals surface area (Å²) in [5.74, 6) is 1.68. The Morgan fingerprint density at radius 2 is 2.04 bits per heavy atom. The highest BCUT2D eigenvalue weighted by molar-refractivity contribution is 5.79. The van der Waals surface area contributed by atoms with Crippen molar-refractivity contribution in [2.75, 3.05) is 32.7 Å². The number of aliphatic imine (C=N–C) groups is 1. The van der Waals surface area contributed by atoms with E-state index in [0.29, 0.717) is 26.2 Å². The maximum absolute atomic E-state index is 12.2. The van der Waals surface area contributed by atoms with Gasteiger partial charge in [0.05, 0.1) is 6.54 Å². The Bertz CT molecular complexity index is 593. The van der Waals surface area contributed by atoms with E-state index >= 15 is 0 Å². The summed E-state index contributed by atoms with van der Waals surface area (Å²) < 4.78 is 7.43. The number of hydrogen-bond acceptors (Lipinski definition) is 5. The van der Waals surface area contributed by atoms with Gasteiger partial charge in [-0.2, -0.15) is 0 Å². The van der Waals surface area contributed by atoms with Crippen LogP contribution in [0.15, 0.2) is 11.3 Å². The monoisotopic (exact) mass is 381 g/mol. The average Bonchev–Trinajstić information content (AvgIpc) is 3.04. The van der Waals surface area contributed by atoms with Crippen LogP contribution in [0.2, 0.25) is 0 Å². The van der Waals surface area contributed by atoms with E-state index in [2.05, 4.69) is 32.7 Å². The van der Waals surface area contributed by atoms with Crippen molar-refractivity contribution < 1.29 is 9.53 Å². The molecule has 9 heteroatoms. The molecule has 9 nitrogen and oxygen atoms in total. The van der Waals surface area contributed by atoms with Crippen LogP contribution in [-0.2, 0) is 17.7 Å². The van der Waals surface area contributed by atoms with Gasteiger partial charge in [0.15, 0.2) is 5.96 Å². The molecular weight excluding hydrogens is 346 g/mol. The van der Waals surface area contributed by atoms with Gasteiger partial charge in [-0.1, -0.05) is 6.92 Å². The van der Waals surface area contributed by atoms with Crippen LogP contribution in [0, 0.1) is 0 Å². The molecule has 0 fully saturated rings. The van der Waals surface area contributed by atoms with Crippen molar-refractivity contribution in [3.63, 3.8) is 0 Å². The molecule has 2 N–H and O–H groups in total. The maximum Gasteiger partial charge on any atom is 0.410 e. The first-order valence-electron chi connectivity index (χ1n) is 9.67. The standard InChI is InChI=1S/C18H35N7O2/c1-7-15-23-22-14-25(15)13-11-21-16(19-8-2)20-10-12-24(9-3)17(26)27-18(4,5)6/h14H,7-13H2,1-6H3,(H2,19,20,21). The zero-order chi connectivity index (χ0) is 20.3. The molecule has 0 spiro atoms. The summed E-state index contributed by atoms with van der Waals surface area (Å²) in [5.41, 5.74) is -0.492. The summed E-state index contributed by atoms with van der Waals surface area (Å²) >= 11 is 0. The molecule has 0 saturated heterocycles. The number of rotatable bonds is 9. The van der Waals surface area contributed by atoms with Gasteiger partial charge in [-0.3, -0.25) is 4.99 Å². The number of aryl methyl sites for hydroxylation is 1. The average molecular weight is 382 g/mol. The minimum atomic E-state index is -0.492. The minimum absolute atomic E-state index is 0.298. The lowest BCUT2D eigenvalue weighted by Crippen LogP contribution is -2.44. The molecule has 0 bridgehead atoms. The SMILES string of the molecule is CCNC(=NCCn1cnnc1CC)NCCN(CC)C(=O)OC(C)(C)C. The smallest absolute Gasteiger partial charge is 0.410 e. The van der Waals surface area contributed by atoms with Crippen molar-refractivity contribution in [3.05, 3.63) is 12.2 Å². The van der Waals surface area contributed by atoms with Gasteiger partial charge >= 0.3 is 6.09 Å². The fourth-order valence-corrected chi connectivity index (χ4v) is 2.37. The molecule has 0 aliphatic rings. The normalized spacial score (nSPS) is 12.0. The van der Waals surface area contributed by atoms with Gasteiger partial charge in [-0.15, -0.1) is 10.2 Å². The molecule has 0 aliphatic heterocycles. The number of ether oxygens (including phenoxy) is 1. The summed E-state index contributed by atoms with van der Waals surface area (Å²) in [4.78, 5) is 18.4. The van der Waals surface area contributed by atoms with Gasteiger partial charge in [-0.25, -0.2) is 4.79 Å². The fraction of sp³-hybridized carbons (Fsp3) is 0.778. The number of guanidine groups is 1. The second kappa shape index (κ2) is 11.4. The number of amides is 1. The lowest BCUT2D eigenvalue weighted by atomic mass is 10.2. The highest BCUT2D eigenvalue weighted by Gasteiger charge is 2.20. The van der Waals surface area contributed by atoms with Crippen molar-refractivity contribution in [2.24, 2.45) is 4.99 Å². The number of carbonyl (C=O) groups excluding carboxylic acids is 1. The van der Waals surface area contributed by atoms with E-state index < -0.39 is 5.60 Å². The van der Waals surface area contributed by atoms with E-state index in [1.807, 2.05) is 39.2 Å². The second-order valence-corrected chi connectivity index (χ2v) is 7.04. The minimum Gasteiger partial charge on any atom is -0.444 e. The van der Waals surface area contributed by atoms with Gasteiger partial charge in [0.2, 0.25) is 0 Å². The fourth-order valence-electron chi connectivity index (χ4n) is 2.37. The molecule has 154 valence electrons. The van der Waals surface area contributed by atoms with Crippen LogP contribution in [0.3, 0.4) is 0 Å². The Morgan fingerprint density at radius 3 is 2.63 bits per heavy atom. The Hall–Kier alpha value is -2.32. The van der Waals surface area contributed by atoms with Gasteiger partial charge in [0.25, 0.3) is 0 Å². The number of hydrogen-bond donors (Lipinski definition) is 2. The molecule has 0 radical (unpaired) electrons. The van der Waals surface area contributed by atoms with Crippen LogP contribution >= 0.6 is 0 Å². The summed E-state index contributed by atoms with van der Waals surface area (Å²) in [6.45, 7) is 15.5. The van der Waals surface area contributed by atoms with E-state index in [1.54, 1.807) is 11.2 Å². The Balaban J connectivity index is 2.49. The first-order valence-corrected chi connectivity index (χ1v) is 9.67. The Kier molecular flexibility index (Phi) is 9.60. The number of carbonyl (C=O) groups is 1. The molecule has 0 unspecified atom stereocenters. The van der Waals surface area contributed by atoms with Gasteiger partial charge in [0, 0.05) is 39.1 Å². The zero-order valence-corrected chi connectivity index (χ0v) is 17.6. The molecule has 1 heterocycles. The van der Waals surface area contributed by atoms with Crippen molar-refractivity contribution in [2.45, 2.75) is 60.1 Å². The van der Waals surface area contributed by atoms with Crippen molar-refractivity contribution in [1.29, 1.82) is 0 Å². The van der Waals surface area contributed by atoms with Crippen LogP contribution in [0.4, 0.5) is 4.79 Å². The van der Waals surface area contributed by atoms with E-state index in [1.165, 1.54) is 0 Å². The third-order valence-electron chi connectivity index (χ3n) is 3.67. The molecule has 0 aliphatic carbocycles. The van der Waals surface area contributed by atoms with Gasteiger partial charge in [0.1, 0.15) is 17.8 Å². The predicted octanol–water partition coefficient (Wildman–Crippen LogP) is 1.65. The van der Waals surface area contributed by atoms with Gasteiger partial charge in [-0.05, 0) is 34.6 Å². The quantitative estimate of drug-likeness (QED) is 0.499. The lowest BCUT2D eigenvalue weighted by molar-refractivity contribution is 0.0264. The van der Waals surface area contributed by atoms with Crippen LogP contribution in [0.25, 0.3) is 0 Å². The molecule has 0 aromatic carbocycles. The summed E-state index contributed by atoms with van der Waals surface area (Å²) in [6, 6.07) is 0. The molecule has 1 amide bonds. The molecule has 1 aromatic rings. The second-order valence-electron chi connectivity index (χ2n) is 7.04. The van der Waals surface area contributed by atoms with Crippen LogP contribution in [0.1, 0.15) is 47.4 Å². The zero-order valence-electron chi connectivity index (χ0n) is 17.6. The van der Waals surface area contributed by atoms with Crippen molar-refractivity contribution in [3.8, 4) is 0 Å². The van der Waals surface area contributed by atoms with E-state index in [4.69, 9.17) is 4.74 Å². The summed E-state index contributed by atoms with van der Waals surface area (Å²) in [7, 11) is 0. The molecule has 0 saturated carbocycles.